The number of amides is 1. The zero-order chi connectivity index (χ0) is 24.8. The Labute approximate surface area is 201 Å². The maximum atomic E-state index is 13.7. The lowest BCUT2D eigenvalue weighted by atomic mass is 10.1. The van der Waals surface area contributed by atoms with Gasteiger partial charge in [-0.15, -0.1) is 0 Å². The van der Waals surface area contributed by atoms with E-state index >= 15 is 0 Å². The molecule has 0 atom stereocenters. The second-order valence-corrected chi connectivity index (χ2v) is 7.89. The number of carbonyl (C=O) groups excluding carboxylic acids is 1. The summed E-state index contributed by atoms with van der Waals surface area (Å²) in [4.78, 5) is 21.5. The van der Waals surface area contributed by atoms with E-state index in [0.29, 0.717) is 47.4 Å². The molecule has 4 aromatic rings. The number of methoxy groups -OCH3 is 1. The second kappa shape index (κ2) is 10.8. The summed E-state index contributed by atoms with van der Waals surface area (Å²) >= 11 is 0. The van der Waals surface area contributed by atoms with E-state index in [0.717, 1.165) is 5.56 Å². The highest BCUT2D eigenvalue weighted by molar-refractivity contribution is 5.78. The summed E-state index contributed by atoms with van der Waals surface area (Å²) in [6.07, 6.45) is 3.41. The summed E-state index contributed by atoms with van der Waals surface area (Å²) in [6.45, 7) is 2.52. The van der Waals surface area contributed by atoms with Crippen LogP contribution in [-0.2, 0) is 11.2 Å². The third kappa shape index (κ3) is 6.00. The summed E-state index contributed by atoms with van der Waals surface area (Å²) in [7, 11) is 1.58. The van der Waals surface area contributed by atoms with Crippen molar-refractivity contribution in [1.82, 2.24) is 19.9 Å². The Morgan fingerprint density at radius 1 is 1.06 bits per heavy atom. The number of anilines is 1. The van der Waals surface area contributed by atoms with Gasteiger partial charge in [0.1, 0.15) is 29.0 Å². The Hall–Kier alpha value is -4.27. The molecule has 0 aliphatic rings. The van der Waals surface area contributed by atoms with Crippen LogP contribution >= 0.6 is 0 Å². The fourth-order valence-electron chi connectivity index (χ4n) is 3.55. The molecular formula is C26H25F2N5O2. The Morgan fingerprint density at radius 3 is 2.60 bits per heavy atom. The van der Waals surface area contributed by atoms with Crippen molar-refractivity contribution in [1.29, 1.82) is 0 Å². The van der Waals surface area contributed by atoms with Crippen LogP contribution in [0.15, 0.2) is 67.0 Å². The molecule has 0 saturated heterocycles. The van der Waals surface area contributed by atoms with Crippen molar-refractivity contribution < 1.29 is 18.3 Å². The number of aryl methyl sites for hydroxylation is 1. The molecule has 180 valence electrons. The van der Waals surface area contributed by atoms with Crippen LogP contribution in [0.5, 0.6) is 5.75 Å². The normalized spacial score (nSPS) is 10.7. The smallest absolute Gasteiger partial charge is 0.227 e. The van der Waals surface area contributed by atoms with Gasteiger partial charge in [-0.1, -0.05) is 0 Å². The predicted molar refractivity (Wildman–Crippen MR) is 130 cm³/mol. The molecule has 9 heteroatoms. The highest BCUT2D eigenvalue weighted by Crippen LogP contribution is 2.24. The van der Waals surface area contributed by atoms with Crippen molar-refractivity contribution in [2.75, 3.05) is 25.5 Å². The maximum Gasteiger partial charge on any atom is 0.227 e. The van der Waals surface area contributed by atoms with Crippen LogP contribution in [0.25, 0.3) is 16.9 Å². The van der Waals surface area contributed by atoms with E-state index in [1.807, 2.05) is 0 Å². The van der Waals surface area contributed by atoms with Gasteiger partial charge >= 0.3 is 0 Å². The Kier molecular flexibility index (Phi) is 7.35. The molecular weight excluding hydrogens is 452 g/mol. The number of ether oxygens (including phenoxy) is 1. The maximum absolute atomic E-state index is 13.7. The molecule has 0 spiro atoms. The first-order chi connectivity index (χ1) is 16.9. The van der Waals surface area contributed by atoms with Gasteiger partial charge in [0.05, 0.1) is 19.2 Å². The minimum Gasteiger partial charge on any atom is -0.497 e. The number of carbonyl (C=O) groups is 1. The lowest BCUT2D eigenvalue weighted by molar-refractivity contribution is -0.120. The summed E-state index contributed by atoms with van der Waals surface area (Å²) < 4.78 is 34.1. The monoisotopic (exact) mass is 477 g/mol. The minimum absolute atomic E-state index is 0.00889. The van der Waals surface area contributed by atoms with Crippen LogP contribution in [0.1, 0.15) is 11.4 Å². The number of hydrogen-bond donors (Lipinski definition) is 2. The Bertz CT molecular complexity index is 1320. The van der Waals surface area contributed by atoms with Crippen LogP contribution in [-0.4, -0.2) is 40.6 Å². The second-order valence-electron chi connectivity index (χ2n) is 7.89. The van der Waals surface area contributed by atoms with Crippen LogP contribution in [0.4, 0.5) is 14.6 Å². The topological polar surface area (TPSA) is 81.1 Å². The number of pyridine rings is 1. The van der Waals surface area contributed by atoms with Gasteiger partial charge in [0.15, 0.2) is 0 Å². The molecule has 2 N–H and O–H groups in total. The molecule has 1 amide bonds. The van der Waals surface area contributed by atoms with Crippen LogP contribution in [0.3, 0.4) is 0 Å². The number of hydrogen-bond acceptors (Lipinski definition) is 5. The van der Waals surface area contributed by atoms with Gasteiger partial charge in [-0.25, -0.2) is 18.7 Å². The number of nitrogens with zero attached hydrogens (tertiary/aromatic N) is 3. The summed E-state index contributed by atoms with van der Waals surface area (Å²) in [5.41, 5.74) is 2.47. The first-order valence-electron chi connectivity index (χ1n) is 11.0. The molecule has 0 saturated carbocycles. The van der Waals surface area contributed by atoms with Gasteiger partial charge in [0.2, 0.25) is 5.91 Å². The van der Waals surface area contributed by atoms with Gasteiger partial charge in [-0.05, 0) is 61.0 Å². The molecule has 0 aliphatic carbocycles. The number of imidazole rings is 1. The molecule has 2 aromatic carbocycles. The van der Waals surface area contributed by atoms with Crippen molar-refractivity contribution in [2.45, 2.75) is 13.3 Å². The summed E-state index contributed by atoms with van der Waals surface area (Å²) in [6, 6.07) is 14.2. The van der Waals surface area contributed by atoms with E-state index in [1.165, 1.54) is 18.2 Å². The van der Waals surface area contributed by atoms with E-state index in [2.05, 4.69) is 20.6 Å². The standard InChI is InChI=1S/C26H25F2N5O2/c1-17-13-18(3-8-22(17)28)23-16-33(20-6-4-19(27)5-7-20)25(32-23)15-26(34)31-12-11-30-24-14-21(35-2)9-10-29-24/h3-10,13-14,16H,11-12,15H2,1-2H3,(H,29,30)(H,31,34). The Morgan fingerprint density at radius 2 is 1.86 bits per heavy atom. The van der Waals surface area contributed by atoms with Gasteiger partial charge in [0, 0.05) is 42.8 Å². The number of benzene rings is 2. The number of nitrogens with one attached hydrogen (secondary N) is 2. The largest absolute Gasteiger partial charge is 0.497 e. The van der Waals surface area contributed by atoms with E-state index in [9.17, 15) is 13.6 Å². The predicted octanol–water partition coefficient (Wildman–Crippen LogP) is 4.30. The van der Waals surface area contributed by atoms with E-state index < -0.39 is 0 Å². The molecule has 0 bridgehead atoms. The average Bonchev–Trinajstić information content (AvgIpc) is 3.27. The fourth-order valence-corrected chi connectivity index (χ4v) is 3.55. The molecule has 2 heterocycles. The third-order valence-electron chi connectivity index (χ3n) is 5.38. The highest BCUT2D eigenvalue weighted by atomic mass is 19.1. The number of aromatic nitrogens is 3. The molecule has 0 unspecified atom stereocenters. The van der Waals surface area contributed by atoms with Gasteiger partial charge in [-0.2, -0.15) is 0 Å². The van der Waals surface area contributed by atoms with Gasteiger partial charge in [-0.3, -0.25) is 4.79 Å². The van der Waals surface area contributed by atoms with E-state index in [4.69, 9.17) is 4.74 Å². The van der Waals surface area contributed by atoms with Crippen molar-refractivity contribution in [3.63, 3.8) is 0 Å². The molecule has 35 heavy (non-hydrogen) atoms. The summed E-state index contributed by atoms with van der Waals surface area (Å²) in [5, 5.41) is 5.98. The zero-order valence-electron chi connectivity index (χ0n) is 19.4. The van der Waals surface area contributed by atoms with Gasteiger partial charge < -0.3 is 19.9 Å². The first-order valence-corrected chi connectivity index (χ1v) is 11.0. The third-order valence-corrected chi connectivity index (χ3v) is 5.38. The molecule has 2 aromatic heterocycles. The average molecular weight is 478 g/mol. The van der Waals surface area contributed by atoms with Gasteiger partial charge in [0.25, 0.3) is 0 Å². The number of rotatable bonds is 9. The lowest BCUT2D eigenvalue weighted by Crippen LogP contribution is -2.30. The van der Waals surface area contributed by atoms with Crippen molar-refractivity contribution in [3.05, 3.63) is 90.0 Å². The molecule has 7 nitrogen and oxygen atoms in total. The zero-order valence-corrected chi connectivity index (χ0v) is 19.4. The summed E-state index contributed by atoms with van der Waals surface area (Å²) in [5.74, 6) is 0.926. The molecule has 4 rings (SSSR count). The van der Waals surface area contributed by atoms with Crippen LogP contribution in [0, 0.1) is 18.6 Å². The van der Waals surface area contributed by atoms with Crippen molar-refractivity contribution >= 4 is 11.7 Å². The first kappa shape index (κ1) is 23.9. The van der Waals surface area contributed by atoms with E-state index in [-0.39, 0.29) is 24.0 Å². The van der Waals surface area contributed by atoms with Crippen LogP contribution < -0.4 is 15.4 Å². The van der Waals surface area contributed by atoms with Crippen molar-refractivity contribution in [2.24, 2.45) is 0 Å². The molecule has 0 radical (unpaired) electrons. The quantitative estimate of drug-likeness (QED) is 0.352. The molecule has 0 aliphatic heterocycles. The SMILES string of the molecule is COc1ccnc(NCCNC(=O)Cc2nc(-c3ccc(F)c(C)c3)cn2-c2ccc(F)cc2)c1. The lowest BCUT2D eigenvalue weighted by Gasteiger charge is -2.10. The van der Waals surface area contributed by atoms with Crippen LogP contribution in [0.2, 0.25) is 0 Å². The van der Waals surface area contributed by atoms with Crippen molar-refractivity contribution in [3.8, 4) is 22.7 Å². The Balaban J connectivity index is 1.46. The molecule has 0 fully saturated rings. The fraction of sp³-hybridized carbons (Fsp3) is 0.192. The van der Waals surface area contributed by atoms with E-state index in [1.54, 1.807) is 67.4 Å². The highest BCUT2D eigenvalue weighted by Gasteiger charge is 2.15. The minimum atomic E-state index is -0.361. The number of halogens is 2.